The van der Waals surface area contributed by atoms with Crippen molar-refractivity contribution < 1.29 is 19.5 Å². The first kappa shape index (κ1) is 12.7. The van der Waals surface area contributed by atoms with Crippen molar-refractivity contribution in [1.82, 2.24) is 10.6 Å². The van der Waals surface area contributed by atoms with Gasteiger partial charge in [-0.2, -0.15) is 0 Å². The van der Waals surface area contributed by atoms with Crippen LogP contribution >= 0.6 is 0 Å². The maximum Gasteiger partial charge on any atom is 0.325 e. The third-order valence-corrected chi connectivity index (χ3v) is 1.98. The Morgan fingerprint density at radius 1 is 1.18 bits per heavy atom. The molecule has 0 aliphatic carbocycles. The first-order valence-corrected chi connectivity index (χ1v) is 4.90. The molecule has 0 saturated heterocycles. The standard InChI is InChI=1S/C11H12N2O4/c1-7(10(15)16)12-11(17)13-9(14)8-5-3-2-4-6-8/h2-7H,1H3,(H,15,16)(H2,12,13,14,17). The second-order valence-corrected chi connectivity index (χ2v) is 3.35. The number of aliphatic carboxylic acids is 1. The van der Waals surface area contributed by atoms with Crippen LogP contribution in [0.15, 0.2) is 30.3 Å². The fourth-order valence-electron chi connectivity index (χ4n) is 1.06. The van der Waals surface area contributed by atoms with Crippen molar-refractivity contribution in [3.8, 4) is 0 Å². The van der Waals surface area contributed by atoms with Crippen molar-refractivity contribution in [2.24, 2.45) is 0 Å². The second-order valence-electron chi connectivity index (χ2n) is 3.35. The maximum atomic E-state index is 11.5. The molecule has 0 bridgehead atoms. The van der Waals surface area contributed by atoms with Crippen LogP contribution in [-0.2, 0) is 4.79 Å². The molecule has 1 atom stereocenters. The van der Waals surface area contributed by atoms with E-state index < -0.39 is 23.9 Å². The molecule has 0 aliphatic rings. The van der Waals surface area contributed by atoms with Gasteiger partial charge in [-0.15, -0.1) is 0 Å². The van der Waals surface area contributed by atoms with Crippen molar-refractivity contribution in [2.75, 3.05) is 0 Å². The molecule has 0 radical (unpaired) electrons. The number of urea groups is 1. The molecule has 0 fully saturated rings. The number of carbonyl (C=O) groups is 3. The molecule has 1 aromatic carbocycles. The number of carbonyl (C=O) groups excluding carboxylic acids is 2. The van der Waals surface area contributed by atoms with E-state index in [1.807, 2.05) is 5.32 Å². The molecule has 0 saturated carbocycles. The molecule has 90 valence electrons. The molecule has 3 amide bonds. The molecule has 0 spiro atoms. The number of benzene rings is 1. The number of carboxylic acid groups (broad SMARTS) is 1. The van der Waals surface area contributed by atoms with Crippen LogP contribution in [0.3, 0.4) is 0 Å². The van der Waals surface area contributed by atoms with Gasteiger partial charge in [-0.3, -0.25) is 14.9 Å². The summed E-state index contributed by atoms with van der Waals surface area (Å²) < 4.78 is 0. The van der Waals surface area contributed by atoms with Gasteiger partial charge in [0.1, 0.15) is 6.04 Å². The summed E-state index contributed by atoms with van der Waals surface area (Å²) in [6, 6.07) is 6.25. The van der Waals surface area contributed by atoms with Gasteiger partial charge in [0.2, 0.25) is 0 Å². The fraction of sp³-hybridized carbons (Fsp3) is 0.182. The summed E-state index contributed by atoms with van der Waals surface area (Å²) in [5, 5.41) is 12.7. The maximum absolute atomic E-state index is 11.5. The average molecular weight is 236 g/mol. The van der Waals surface area contributed by atoms with Crippen molar-refractivity contribution >= 4 is 17.9 Å². The quantitative estimate of drug-likeness (QED) is 0.716. The Morgan fingerprint density at radius 2 is 1.76 bits per heavy atom. The summed E-state index contributed by atoms with van der Waals surface area (Å²) in [5.74, 6) is -1.76. The van der Waals surface area contributed by atoms with Gasteiger partial charge in [0, 0.05) is 5.56 Å². The highest BCUT2D eigenvalue weighted by molar-refractivity contribution is 6.04. The zero-order valence-corrected chi connectivity index (χ0v) is 9.14. The van der Waals surface area contributed by atoms with E-state index in [1.165, 1.54) is 6.92 Å². The highest BCUT2D eigenvalue weighted by Gasteiger charge is 2.15. The predicted molar refractivity (Wildman–Crippen MR) is 59.5 cm³/mol. The van der Waals surface area contributed by atoms with Crippen LogP contribution in [0.25, 0.3) is 0 Å². The summed E-state index contributed by atoms with van der Waals surface area (Å²) in [6.07, 6.45) is 0. The third kappa shape index (κ3) is 3.94. The van der Waals surface area contributed by atoms with Gasteiger partial charge < -0.3 is 10.4 Å². The van der Waals surface area contributed by atoms with Crippen LogP contribution in [0.5, 0.6) is 0 Å². The van der Waals surface area contributed by atoms with Gasteiger partial charge >= 0.3 is 12.0 Å². The van der Waals surface area contributed by atoms with E-state index in [9.17, 15) is 14.4 Å². The molecule has 0 heterocycles. The molecular formula is C11H12N2O4. The minimum absolute atomic E-state index is 0.325. The molecule has 1 rings (SSSR count). The Morgan fingerprint density at radius 3 is 2.29 bits per heavy atom. The van der Waals surface area contributed by atoms with Crippen molar-refractivity contribution in [2.45, 2.75) is 13.0 Å². The minimum atomic E-state index is -1.17. The lowest BCUT2D eigenvalue weighted by molar-refractivity contribution is -0.138. The Labute approximate surface area is 97.6 Å². The lowest BCUT2D eigenvalue weighted by Gasteiger charge is -2.09. The zero-order chi connectivity index (χ0) is 12.8. The molecule has 17 heavy (non-hydrogen) atoms. The van der Waals surface area contributed by atoms with Gasteiger partial charge in [0.05, 0.1) is 0 Å². The summed E-state index contributed by atoms with van der Waals surface area (Å²) in [5.41, 5.74) is 0.325. The predicted octanol–water partition coefficient (Wildman–Crippen LogP) is 0.599. The SMILES string of the molecule is CC(NC(=O)NC(=O)c1ccccc1)C(=O)O. The van der Waals surface area contributed by atoms with E-state index in [-0.39, 0.29) is 0 Å². The molecule has 0 aliphatic heterocycles. The number of rotatable bonds is 3. The summed E-state index contributed by atoms with van der Waals surface area (Å²) in [7, 11) is 0. The number of amides is 3. The molecule has 0 aromatic heterocycles. The highest BCUT2D eigenvalue weighted by Crippen LogP contribution is 1.97. The van der Waals surface area contributed by atoms with Gasteiger partial charge in [-0.1, -0.05) is 18.2 Å². The summed E-state index contributed by atoms with van der Waals surface area (Å²) in [4.78, 5) is 33.2. The lowest BCUT2D eigenvalue weighted by Crippen LogP contribution is -2.46. The number of hydrogen-bond acceptors (Lipinski definition) is 3. The Hall–Kier alpha value is -2.37. The number of hydrogen-bond donors (Lipinski definition) is 3. The summed E-state index contributed by atoms with van der Waals surface area (Å²) >= 11 is 0. The van der Waals surface area contributed by atoms with E-state index in [0.29, 0.717) is 5.56 Å². The lowest BCUT2D eigenvalue weighted by atomic mass is 10.2. The molecule has 1 aromatic rings. The summed E-state index contributed by atoms with van der Waals surface area (Å²) in [6.45, 7) is 1.30. The van der Waals surface area contributed by atoms with Crippen LogP contribution in [0, 0.1) is 0 Å². The molecule has 1 unspecified atom stereocenters. The fourth-order valence-corrected chi connectivity index (χ4v) is 1.06. The molecule has 6 heteroatoms. The molecule has 3 N–H and O–H groups in total. The van der Waals surface area contributed by atoms with Gasteiger partial charge in [0.15, 0.2) is 0 Å². The average Bonchev–Trinajstić information content (AvgIpc) is 2.29. The number of imide groups is 1. The topological polar surface area (TPSA) is 95.5 Å². The van der Waals surface area contributed by atoms with Crippen LogP contribution in [0.2, 0.25) is 0 Å². The van der Waals surface area contributed by atoms with E-state index >= 15 is 0 Å². The Kier molecular flexibility index (Phi) is 4.21. The molecule has 6 nitrogen and oxygen atoms in total. The van der Waals surface area contributed by atoms with E-state index in [0.717, 1.165) is 0 Å². The molecular weight excluding hydrogens is 224 g/mol. The van der Waals surface area contributed by atoms with Crippen molar-refractivity contribution in [3.05, 3.63) is 35.9 Å². The normalized spacial score (nSPS) is 11.4. The largest absolute Gasteiger partial charge is 0.480 e. The van der Waals surface area contributed by atoms with Crippen molar-refractivity contribution in [1.29, 1.82) is 0 Å². The Balaban J connectivity index is 2.53. The van der Waals surface area contributed by atoms with Crippen LogP contribution in [0.4, 0.5) is 4.79 Å². The van der Waals surface area contributed by atoms with Gasteiger partial charge in [-0.05, 0) is 19.1 Å². The van der Waals surface area contributed by atoms with Crippen LogP contribution in [0.1, 0.15) is 17.3 Å². The van der Waals surface area contributed by atoms with Crippen LogP contribution < -0.4 is 10.6 Å². The highest BCUT2D eigenvalue weighted by atomic mass is 16.4. The van der Waals surface area contributed by atoms with E-state index in [4.69, 9.17) is 5.11 Å². The Bertz CT molecular complexity index is 430. The van der Waals surface area contributed by atoms with E-state index in [2.05, 4.69) is 5.32 Å². The monoisotopic (exact) mass is 236 g/mol. The third-order valence-electron chi connectivity index (χ3n) is 1.98. The van der Waals surface area contributed by atoms with E-state index in [1.54, 1.807) is 30.3 Å². The van der Waals surface area contributed by atoms with Crippen LogP contribution in [-0.4, -0.2) is 29.1 Å². The first-order chi connectivity index (χ1) is 8.00. The van der Waals surface area contributed by atoms with Crippen molar-refractivity contribution in [3.63, 3.8) is 0 Å². The van der Waals surface area contributed by atoms with Gasteiger partial charge in [0.25, 0.3) is 5.91 Å². The second kappa shape index (κ2) is 5.64. The first-order valence-electron chi connectivity index (χ1n) is 4.90. The number of nitrogens with one attached hydrogen (secondary N) is 2. The van der Waals surface area contributed by atoms with Gasteiger partial charge in [-0.25, -0.2) is 4.79 Å². The zero-order valence-electron chi connectivity index (χ0n) is 9.14. The number of carboxylic acids is 1. The minimum Gasteiger partial charge on any atom is -0.480 e. The smallest absolute Gasteiger partial charge is 0.325 e.